The van der Waals surface area contributed by atoms with Crippen molar-refractivity contribution in [2.75, 3.05) is 10.6 Å². The van der Waals surface area contributed by atoms with Crippen LogP contribution in [0.1, 0.15) is 12.8 Å². The third-order valence-corrected chi connectivity index (χ3v) is 3.79. The number of amides is 1. The number of nitrogens with one attached hydrogen (secondary N) is 2. The standard InChI is InChI=1S/C15H13FN4O2S/c1-9(21)18-10-4-5-11(16)12(7-10)17-8-14-19-15(20-22-14)13-3-2-6-23-13/h2-7,17H,8H2,1H3,(H,18,21). The maximum absolute atomic E-state index is 13.8. The van der Waals surface area contributed by atoms with Gasteiger partial charge in [0.1, 0.15) is 5.82 Å². The second-order valence-corrected chi connectivity index (χ2v) is 5.67. The highest BCUT2D eigenvalue weighted by molar-refractivity contribution is 7.13. The summed E-state index contributed by atoms with van der Waals surface area (Å²) in [4.78, 5) is 16.2. The Morgan fingerprint density at radius 3 is 3.00 bits per heavy atom. The SMILES string of the molecule is CC(=O)Nc1ccc(F)c(NCc2nc(-c3cccs3)no2)c1. The lowest BCUT2D eigenvalue weighted by atomic mass is 10.2. The molecule has 0 unspecified atom stereocenters. The molecule has 0 radical (unpaired) electrons. The lowest BCUT2D eigenvalue weighted by molar-refractivity contribution is -0.114. The topological polar surface area (TPSA) is 80.0 Å². The zero-order valence-electron chi connectivity index (χ0n) is 12.2. The van der Waals surface area contributed by atoms with Crippen molar-refractivity contribution in [3.05, 3.63) is 47.4 Å². The van der Waals surface area contributed by atoms with Gasteiger partial charge < -0.3 is 15.2 Å². The maximum Gasteiger partial charge on any atom is 0.246 e. The van der Waals surface area contributed by atoms with Crippen molar-refractivity contribution in [1.82, 2.24) is 10.1 Å². The number of carbonyl (C=O) groups excluding carboxylic acids is 1. The summed E-state index contributed by atoms with van der Waals surface area (Å²) in [7, 11) is 0. The lowest BCUT2D eigenvalue weighted by Gasteiger charge is -2.08. The normalized spacial score (nSPS) is 10.5. The van der Waals surface area contributed by atoms with E-state index in [1.54, 1.807) is 0 Å². The Hall–Kier alpha value is -2.74. The Bertz CT molecular complexity index is 817. The first-order valence-corrected chi connectivity index (χ1v) is 7.67. The quantitative estimate of drug-likeness (QED) is 0.747. The summed E-state index contributed by atoms with van der Waals surface area (Å²) in [6.45, 7) is 1.57. The van der Waals surface area contributed by atoms with E-state index < -0.39 is 5.82 Å². The predicted octanol–water partition coefficient (Wildman–Crippen LogP) is 3.51. The van der Waals surface area contributed by atoms with Gasteiger partial charge in [-0.3, -0.25) is 4.79 Å². The molecule has 6 nitrogen and oxygen atoms in total. The van der Waals surface area contributed by atoms with Crippen molar-refractivity contribution in [2.24, 2.45) is 0 Å². The zero-order chi connectivity index (χ0) is 16.2. The van der Waals surface area contributed by atoms with Crippen molar-refractivity contribution in [3.8, 4) is 10.7 Å². The van der Waals surface area contributed by atoms with Gasteiger partial charge in [0.15, 0.2) is 0 Å². The lowest BCUT2D eigenvalue weighted by Crippen LogP contribution is -2.07. The molecule has 2 heterocycles. The van der Waals surface area contributed by atoms with Crippen LogP contribution in [0.15, 0.2) is 40.2 Å². The molecule has 3 aromatic rings. The average molecular weight is 332 g/mol. The van der Waals surface area contributed by atoms with E-state index in [9.17, 15) is 9.18 Å². The Labute approximate surface area is 135 Å². The Morgan fingerprint density at radius 1 is 1.39 bits per heavy atom. The van der Waals surface area contributed by atoms with Crippen LogP contribution in [0.2, 0.25) is 0 Å². The Kier molecular flexibility index (Phi) is 4.33. The van der Waals surface area contributed by atoms with Crippen LogP contribution in [0, 0.1) is 5.82 Å². The zero-order valence-corrected chi connectivity index (χ0v) is 13.0. The van der Waals surface area contributed by atoms with E-state index in [0.29, 0.717) is 17.4 Å². The highest BCUT2D eigenvalue weighted by atomic mass is 32.1. The van der Waals surface area contributed by atoms with E-state index in [2.05, 4.69) is 20.8 Å². The fraction of sp³-hybridized carbons (Fsp3) is 0.133. The number of hydrogen-bond donors (Lipinski definition) is 2. The molecule has 0 aliphatic carbocycles. The molecule has 1 amide bonds. The molecule has 2 N–H and O–H groups in total. The molecule has 0 bridgehead atoms. The Balaban J connectivity index is 1.69. The van der Waals surface area contributed by atoms with Crippen LogP contribution in [0.25, 0.3) is 10.7 Å². The molecular formula is C15H13FN4O2S. The molecule has 23 heavy (non-hydrogen) atoms. The van der Waals surface area contributed by atoms with Crippen LogP contribution in [0.3, 0.4) is 0 Å². The van der Waals surface area contributed by atoms with Crippen molar-refractivity contribution in [1.29, 1.82) is 0 Å². The second-order valence-electron chi connectivity index (χ2n) is 4.72. The molecule has 2 aromatic heterocycles. The number of anilines is 2. The van der Waals surface area contributed by atoms with Gasteiger partial charge in [0.25, 0.3) is 0 Å². The number of aromatic nitrogens is 2. The highest BCUT2D eigenvalue weighted by Gasteiger charge is 2.10. The van der Waals surface area contributed by atoms with Gasteiger partial charge in [0, 0.05) is 12.6 Å². The van der Waals surface area contributed by atoms with Gasteiger partial charge in [-0.05, 0) is 29.6 Å². The van der Waals surface area contributed by atoms with Crippen molar-refractivity contribution >= 4 is 28.6 Å². The van der Waals surface area contributed by atoms with Crippen molar-refractivity contribution in [3.63, 3.8) is 0 Å². The van der Waals surface area contributed by atoms with Crippen LogP contribution in [0.4, 0.5) is 15.8 Å². The fourth-order valence-electron chi connectivity index (χ4n) is 1.95. The first-order valence-electron chi connectivity index (χ1n) is 6.79. The number of benzene rings is 1. The minimum atomic E-state index is -0.433. The molecule has 0 spiro atoms. The van der Waals surface area contributed by atoms with E-state index in [1.165, 1.54) is 36.5 Å². The molecule has 3 rings (SSSR count). The van der Waals surface area contributed by atoms with E-state index in [-0.39, 0.29) is 18.1 Å². The molecule has 0 aliphatic heterocycles. The summed E-state index contributed by atoms with van der Waals surface area (Å²) in [5.41, 5.74) is 0.748. The van der Waals surface area contributed by atoms with Gasteiger partial charge in [-0.15, -0.1) is 11.3 Å². The number of carbonyl (C=O) groups is 1. The number of halogens is 1. The van der Waals surface area contributed by atoms with Crippen molar-refractivity contribution in [2.45, 2.75) is 13.5 Å². The molecule has 8 heteroatoms. The first-order chi connectivity index (χ1) is 11.1. The average Bonchev–Trinajstić information content (AvgIpc) is 3.17. The van der Waals surface area contributed by atoms with E-state index in [0.717, 1.165) is 4.88 Å². The summed E-state index contributed by atoms with van der Waals surface area (Å²) in [5.74, 6) is 0.194. The van der Waals surface area contributed by atoms with Gasteiger partial charge >= 0.3 is 0 Å². The third kappa shape index (κ3) is 3.72. The number of rotatable bonds is 5. The van der Waals surface area contributed by atoms with Gasteiger partial charge in [-0.25, -0.2) is 4.39 Å². The fourth-order valence-corrected chi connectivity index (χ4v) is 2.59. The van der Waals surface area contributed by atoms with Gasteiger partial charge in [0.05, 0.1) is 17.1 Å². The molecule has 0 saturated carbocycles. The van der Waals surface area contributed by atoms with Gasteiger partial charge in [0.2, 0.25) is 17.6 Å². The minimum absolute atomic E-state index is 0.179. The molecule has 0 aliphatic rings. The monoisotopic (exact) mass is 332 g/mol. The van der Waals surface area contributed by atoms with Crippen molar-refractivity contribution < 1.29 is 13.7 Å². The smallest absolute Gasteiger partial charge is 0.246 e. The molecule has 0 saturated heterocycles. The van der Waals surface area contributed by atoms with E-state index >= 15 is 0 Å². The van der Waals surface area contributed by atoms with E-state index in [4.69, 9.17) is 4.52 Å². The number of hydrogen-bond acceptors (Lipinski definition) is 6. The predicted molar refractivity (Wildman–Crippen MR) is 85.6 cm³/mol. The van der Waals surface area contributed by atoms with Gasteiger partial charge in [-0.1, -0.05) is 11.2 Å². The number of nitrogens with zero attached hydrogens (tertiary/aromatic N) is 2. The van der Waals surface area contributed by atoms with Crippen LogP contribution < -0.4 is 10.6 Å². The molecular weight excluding hydrogens is 319 g/mol. The molecule has 0 fully saturated rings. The third-order valence-electron chi connectivity index (χ3n) is 2.93. The largest absolute Gasteiger partial charge is 0.374 e. The molecule has 118 valence electrons. The van der Waals surface area contributed by atoms with Gasteiger partial charge in [-0.2, -0.15) is 4.98 Å². The summed E-state index contributed by atoms with van der Waals surface area (Å²) in [5, 5.41) is 11.3. The second kappa shape index (κ2) is 6.57. The summed E-state index contributed by atoms with van der Waals surface area (Å²) in [6, 6.07) is 8.07. The molecule has 1 aromatic carbocycles. The number of thiophene rings is 1. The van der Waals surface area contributed by atoms with Crippen LogP contribution in [0.5, 0.6) is 0 Å². The first kappa shape index (κ1) is 15.2. The Morgan fingerprint density at radius 2 is 2.26 bits per heavy atom. The van der Waals surface area contributed by atoms with E-state index in [1.807, 2.05) is 17.5 Å². The summed E-state index contributed by atoms with van der Waals surface area (Å²) < 4.78 is 18.9. The molecule has 0 atom stereocenters. The maximum atomic E-state index is 13.8. The summed E-state index contributed by atoms with van der Waals surface area (Å²) >= 11 is 1.51. The van der Waals surface area contributed by atoms with Crippen LogP contribution in [-0.4, -0.2) is 16.0 Å². The van der Waals surface area contributed by atoms with Crippen LogP contribution in [-0.2, 0) is 11.3 Å². The van der Waals surface area contributed by atoms with Crippen LogP contribution >= 0.6 is 11.3 Å². The summed E-state index contributed by atoms with van der Waals surface area (Å²) in [6.07, 6.45) is 0. The minimum Gasteiger partial charge on any atom is -0.374 e. The highest BCUT2D eigenvalue weighted by Crippen LogP contribution is 2.23.